The molecule has 0 saturated carbocycles. The number of carbonyl (C=O) groups is 2. The second kappa shape index (κ2) is 7.16. The molecule has 1 aromatic carbocycles. The molecule has 0 bridgehead atoms. The lowest BCUT2D eigenvalue weighted by Gasteiger charge is -2.27. The molecule has 0 fully saturated rings. The average molecular weight is 331 g/mol. The van der Waals surface area contributed by atoms with E-state index in [0.29, 0.717) is 5.69 Å². The molecule has 0 atom stereocenters. The van der Waals surface area contributed by atoms with Gasteiger partial charge in [-0.2, -0.15) is 5.10 Å². The number of hydrogen-bond donors (Lipinski definition) is 1. The quantitative estimate of drug-likeness (QED) is 0.910. The molecule has 0 aliphatic carbocycles. The number of anilines is 1. The van der Waals surface area contributed by atoms with Crippen molar-refractivity contribution in [2.24, 2.45) is 0 Å². The number of carbonyl (C=O) groups excluding carboxylic acids is 1. The first-order valence-corrected chi connectivity index (χ1v) is 7.59. The molecular weight excluding hydrogens is 310 g/mol. The minimum absolute atomic E-state index is 0.0331. The maximum atomic E-state index is 12.4. The van der Waals surface area contributed by atoms with Gasteiger partial charge in [-0.25, -0.2) is 9.48 Å². The summed E-state index contributed by atoms with van der Waals surface area (Å²) in [4.78, 5) is 24.6. The summed E-state index contributed by atoms with van der Waals surface area (Å²) in [7, 11) is 0. The van der Waals surface area contributed by atoms with Gasteiger partial charge in [-0.1, -0.05) is 0 Å². The highest BCUT2D eigenvalue weighted by Crippen LogP contribution is 2.20. The van der Waals surface area contributed by atoms with E-state index in [2.05, 4.69) is 5.10 Å². The van der Waals surface area contributed by atoms with Gasteiger partial charge in [-0.05, 0) is 51.1 Å². The van der Waals surface area contributed by atoms with Crippen LogP contribution in [-0.4, -0.2) is 39.1 Å². The Morgan fingerprint density at radius 3 is 2.42 bits per heavy atom. The van der Waals surface area contributed by atoms with Crippen LogP contribution in [0.25, 0.3) is 5.69 Å². The van der Waals surface area contributed by atoms with Crippen molar-refractivity contribution in [2.45, 2.75) is 32.8 Å². The van der Waals surface area contributed by atoms with Crippen molar-refractivity contribution in [2.75, 3.05) is 11.4 Å². The Morgan fingerprint density at radius 2 is 1.92 bits per heavy atom. The molecule has 0 aliphatic rings. The number of aliphatic carboxylic acids is 1. The van der Waals surface area contributed by atoms with E-state index in [1.165, 1.54) is 4.90 Å². The maximum Gasteiger partial charge on any atom is 0.414 e. The zero-order valence-corrected chi connectivity index (χ0v) is 14.0. The van der Waals surface area contributed by atoms with Crippen molar-refractivity contribution in [1.29, 1.82) is 0 Å². The molecular formula is C17H21N3O4. The first kappa shape index (κ1) is 17.5. The SMILES string of the molecule is CC(C)(C)OC(=O)N(CCC(=O)O)c1ccc(-n2cccn2)cc1. The average Bonchev–Trinajstić information content (AvgIpc) is 3.00. The van der Waals surface area contributed by atoms with E-state index in [9.17, 15) is 9.59 Å². The number of nitrogens with zero attached hydrogens (tertiary/aromatic N) is 3. The van der Waals surface area contributed by atoms with Crippen LogP contribution >= 0.6 is 0 Å². The van der Waals surface area contributed by atoms with E-state index in [4.69, 9.17) is 9.84 Å². The number of carboxylic acids is 1. The van der Waals surface area contributed by atoms with Crippen molar-refractivity contribution in [3.05, 3.63) is 42.7 Å². The van der Waals surface area contributed by atoms with Crippen LogP contribution in [0.1, 0.15) is 27.2 Å². The van der Waals surface area contributed by atoms with Crippen molar-refractivity contribution in [3.63, 3.8) is 0 Å². The molecule has 7 nitrogen and oxygen atoms in total. The van der Waals surface area contributed by atoms with Crippen LogP contribution in [0.4, 0.5) is 10.5 Å². The van der Waals surface area contributed by atoms with E-state index in [0.717, 1.165) is 5.69 Å². The van der Waals surface area contributed by atoms with E-state index in [-0.39, 0.29) is 13.0 Å². The van der Waals surface area contributed by atoms with Crippen molar-refractivity contribution in [1.82, 2.24) is 9.78 Å². The molecule has 128 valence electrons. The predicted octanol–water partition coefficient (Wildman–Crippen LogP) is 3.09. The molecule has 0 radical (unpaired) electrons. The molecule has 2 aromatic rings. The summed E-state index contributed by atoms with van der Waals surface area (Å²) in [5, 5.41) is 13.0. The van der Waals surface area contributed by atoms with Gasteiger partial charge in [0.2, 0.25) is 0 Å². The van der Waals surface area contributed by atoms with E-state index < -0.39 is 17.7 Å². The largest absolute Gasteiger partial charge is 0.481 e. The Bertz CT molecular complexity index is 688. The Labute approximate surface area is 140 Å². The maximum absolute atomic E-state index is 12.4. The fourth-order valence-corrected chi connectivity index (χ4v) is 2.06. The van der Waals surface area contributed by atoms with Gasteiger partial charge in [-0.15, -0.1) is 0 Å². The number of rotatable bonds is 5. The van der Waals surface area contributed by atoms with Crippen molar-refractivity contribution in [3.8, 4) is 5.69 Å². The first-order chi connectivity index (χ1) is 11.3. The standard InChI is InChI=1S/C17H21N3O4/c1-17(2,3)24-16(23)19(12-9-15(21)22)13-5-7-14(8-6-13)20-11-4-10-18-20/h4-8,10-11H,9,12H2,1-3H3,(H,21,22). The van der Waals surface area contributed by atoms with Crippen LogP contribution in [0.15, 0.2) is 42.7 Å². The summed E-state index contributed by atoms with van der Waals surface area (Å²) in [5.41, 5.74) is 0.751. The highest BCUT2D eigenvalue weighted by atomic mass is 16.6. The third-order valence-corrected chi connectivity index (χ3v) is 3.09. The van der Waals surface area contributed by atoms with Crippen LogP contribution in [-0.2, 0) is 9.53 Å². The Balaban J connectivity index is 2.22. The van der Waals surface area contributed by atoms with E-state index in [1.54, 1.807) is 55.9 Å². The van der Waals surface area contributed by atoms with Crippen LogP contribution in [0.2, 0.25) is 0 Å². The van der Waals surface area contributed by atoms with Crippen LogP contribution < -0.4 is 4.90 Å². The fourth-order valence-electron chi connectivity index (χ4n) is 2.06. The lowest BCUT2D eigenvalue weighted by atomic mass is 10.2. The lowest BCUT2D eigenvalue weighted by Crippen LogP contribution is -2.38. The highest BCUT2D eigenvalue weighted by molar-refractivity contribution is 5.88. The third kappa shape index (κ3) is 4.84. The first-order valence-electron chi connectivity index (χ1n) is 7.59. The summed E-state index contributed by atoms with van der Waals surface area (Å²) >= 11 is 0. The normalized spacial score (nSPS) is 11.1. The number of benzene rings is 1. The summed E-state index contributed by atoms with van der Waals surface area (Å²) in [6.07, 6.45) is 2.74. The molecule has 1 N–H and O–H groups in total. The van der Waals surface area contributed by atoms with Gasteiger partial charge >= 0.3 is 12.1 Å². The zero-order valence-electron chi connectivity index (χ0n) is 14.0. The molecule has 1 heterocycles. The highest BCUT2D eigenvalue weighted by Gasteiger charge is 2.24. The molecule has 0 aliphatic heterocycles. The van der Waals surface area contributed by atoms with Gasteiger partial charge in [0.05, 0.1) is 12.1 Å². The van der Waals surface area contributed by atoms with Crippen molar-refractivity contribution < 1.29 is 19.4 Å². The van der Waals surface area contributed by atoms with Crippen molar-refractivity contribution >= 4 is 17.7 Å². The minimum atomic E-state index is -0.975. The van der Waals surface area contributed by atoms with Crippen LogP contribution in [0, 0.1) is 0 Å². The van der Waals surface area contributed by atoms with Gasteiger partial charge in [0.1, 0.15) is 5.60 Å². The van der Waals surface area contributed by atoms with Gasteiger partial charge < -0.3 is 9.84 Å². The topological polar surface area (TPSA) is 84.7 Å². The summed E-state index contributed by atoms with van der Waals surface area (Å²) in [5.74, 6) is -0.975. The second-order valence-corrected chi connectivity index (χ2v) is 6.24. The minimum Gasteiger partial charge on any atom is -0.481 e. The number of ether oxygens (including phenoxy) is 1. The molecule has 1 amide bonds. The second-order valence-electron chi connectivity index (χ2n) is 6.24. The predicted molar refractivity (Wildman–Crippen MR) is 89.4 cm³/mol. The summed E-state index contributed by atoms with van der Waals surface area (Å²) in [6.45, 7) is 5.33. The van der Waals surface area contributed by atoms with Gasteiger partial charge in [0.25, 0.3) is 0 Å². The molecule has 24 heavy (non-hydrogen) atoms. The number of amides is 1. The molecule has 1 aromatic heterocycles. The van der Waals surface area contributed by atoms with Crippen LogP contribution in [0.3, 0.4) is 0 Å². The number of hydrogen-bond acceptors (Lipinski definition) is 4. The lowest BCUT2D eigenvalue weighted by molar-refractivity contribution is -0.136. The molecule has 0 unspecified atom stereocenters. The number of aromatic nitrogens is 2. The molecule has 7 heteroatoms. The van der Waals surface area contributed by atoms with Gasteiger partial charge in [0, 0.05) is 24.6 Å². The third-order valence-electron chi connectivity index (χ3n) is 3.09. The summed E-state index contributed by atoms with van der Waals surface area (Å²) in [6, 6.07) is 8.90. The molecule has 0 saturated heterocycles. The Kier molecular flexibility index (Phi) is 5.23. The molecule has 0 spiro atoms. The zero-order chi connectivity index (χ0) is 17.7. The molecule has 2 rings (SSSR count). The monoisotopic (exact) mass is 331 g/mol. The number of carboxylic acid groups (broad SMARTS) is 1. The Hall–Kier alpha value is -2.83. The fraction of sp³-hybridized carbons (Fsp3) is 0.353. The van der Waals surface area contributed by atoms with E-state index in [1.807, 2.05) is 12.3 Å². The van der Waals surface area contributed by atoms with E-state index >= 15 is 0 Å². The van der Waals surface area contributed by atoms with Crippen LogP contribution in [0.5, 0.6) is 0 Å². The smallest absolute Gasteiger partial charge is 0.414 e. The summed E-state index contributed by atoms with van der Waals surface area (Å²) < 4.78 is 7.06. The Morgan fingerprint density at radius 1 is 1.25 bits per heavy atom. The van der Waals surface area contributed by atoms with Gasteiger partial charge in [0.15, 0.2) is 0 Å². The van der Waals surface area contributed by atoms with Gasteiger partial charge in [-0.3, -0.25) is 9.69 Å².